The summed E-state index contributed by atoms with van der Waals surface area (Å²) in [4.78, 5) is 1.62. The van der Waals surface area contributed by atoms with Crippen molar-refractivity contribution in [2.45, 2.75) is 6.92 Å². The second kappa shape index (κ2) is 3.82. The molecule has 0 spiro atoms. The zero-order chi connectivity index (χ0) is 10.8. The topological polar surface area (TPSA) is 98.7 Å². The zero-order valence-electron chi connectivity index (χ0n) is 7.35. The molecular formula is C7H10N2O4S. The molecule has 0 saturated heterocycles. The Labute approximate surface area is 81.4 Å². The third kappa shape index (κ3) is 3.21. The standard InChI is InChI=1S/C7H10N2O4S/c1-5-2-3-7(10)6(4-5)8-9-14(11,12)13/h2-4,8-10H,1H3,(H,11,12,13). The predicted molar refractivity (Wildman–Crippen MR) is 51.2 cm³/mol. The zero-order valence-corrected chi connectivity index (χ0v) is 8.17. The van der Waals surface area contributed by atoms with Crippen molar-refractivity contribution in [1.82, 2.24) is 4.83 Å². The molecule has 0 aliphatic heterocycles. The van der Waals surface area contributed by atoms with Crippen LogP contribution in [0.5, 0.6) is 5.75 Å². The molecule has 0 radical (unpaired) electrons. The van der Waals surface area contributed by atoms with Crippen LogP contribution >= 0.6 is 0 Å². The second-order valence-corrected chi connectivity index (χ2v) is 3.88. The highest BCUT2D eigenvalue weighted by Gasteiger charge is 2.05. The fraction of sp³-hybridized carbons (Fsp3) is 0.143. The molecule has 1 aromatic carbocycles. The lowest BCUT2D eigenvalue weighted by molar-refractivity contribution is 0.469. The van der Waals surface area contributed by atoms with Crippen molar-refractivity contribution in [3.05, 3.63) is 23.8 Å². The number of anilines is 1. The summed E-state index contributed by atoms with van der Waals surface area (Å²) in [5.74, 6) is -0.119. The van der Waals surface area contributed by atoms with E-state index < -0.39 is 10.3 Å². The first-order valence-corrected chi connectivity index (χ1v) is 5.12. The lowest BCUT2D eigenvalue weighted by atomic mass is 10.2. The minimum Gasteiger partial charge on any atom is -0.506 e. The number of phenols is 1. The lowest BCUT2D eigenvalue weighted by Gasteiger charge is -2.07. The van der Waals surface area contributed by atoms with Crippen LogP contribution < -0.4 is 10.3 Å². The normalized spacial score (nSPS) is 11.3. The van der Waals surface area contributed by atoms with E-state index in [2.05, 4.69) is 5.43 Å². The number of phenolic OH excluding ortho intramolecular Hbond substituents is 1. The molecule has 7 heteroatoms. The highest BCUT2D eigenvalue weighted by Crippen LogP contribution is 2.22. The molecule has 0 aliphatic carbocycles. The number of hydrogen-bond acceptors (Lipinski definition) is 4. The van der Waals surface area contributed by atoms with Crippen LogP contribution in [0.1, 0.15) is 5.56 Å². The van der Waals surface area contributed by atoms with Crippen molar-refractivity contribution in [2.75, 3.05) is 5.43 Å². The van der Waals surface area contributed by atoms with Gasteiger partial charge in [0.05, 0.1) is 5.69 Å². The maximum absolute atomic E-state index is 10.3. The molecule has 0 saturated carbocycles. The summed E-state index contributed by atoms with van der Waals surface area (Å²) in [5, 5.41) is 9.25. The maximum atomic E-state index is 10.3. The molecule has 1 rings (SSSR count). The average molecular weight is 218 g/mol. The Bertz CT molecular complexity index is 429. The van der Waals surface area contributed by atoms with Crippen molar-refractivity contribution in [2.24, 2.45) is 0 Å². The first kappa shape index (κ1) is 10.8. The fourth-order valence-electron chi connectivity index (χ4n) is 0.869. The van der Waals surface area contributed by atoms with Gasteiger partial charge in [-0.3, -0.25) is 4.55 Å². The van der Waals surface area contributed by atoms with Gasteiger partial charge < -0.3 is 10.5 Å². The average Bonchev–Trinajstić information content (AvgIpc) is 2.05. The van der Waals surface area contributed by atoms with Gasteiger partial charge in [-0.15, -0.1) is 4.83 Å². The smallest absolute Gasteiger partial charge is 0.350 e. The van der Waals surface area contributed by atoms with E-state index in [1.165, 1.54) is 12.1 Å². The van der Waals surface area contributed by atoms with E-state index in [1.54, 1.807) is 17.8 Å². The van der Waals surface area contributed by atoms with E-state index in [0.717, 1.165) is 5.56 Å². The van der Waals surface area contributed by atoms with Gasteiger partial charge in [-0.1, -0.05) is 6.07 Å². The molecule has 0 heterocycles. The number of aromatic hydroxyl groups is 1. The van der Waals surface area contributed by atoms with Crippen LogP contribution in [0.25, 0.3) is 0 Å². The fourth-order valence-corrected chi connectivity index (χ4v) is 1.11. The Morgan fingerprint density at radius 2 is 2.00 bits per heavy atom. The van der Waals surface area contributed by atoms with Crippen molar-refractivity contribution in [1.29, 1.82) is 0 Å². The molecule has 0 unspecified atom stereocenters. The van der Waals surface area contributed by atoms with Gasteiger partial charge in [-0.05, 0) is 24.6 Å². The van der Waals surface area contributed by atoms with E-state index in [4.69, 9.17) is 4.55 Å². The Hall–Kier alpha value is -1.31. The van der Waals surface area contributed by atoms with E-state index in [-0.39, 0.29) is 11.4 Å². The van der Waals surface area contributed by atoms with Gasteiger partial charge in [-0.2, -0.15) is 8.42 Å². The SMILES string of the molecule is Cc1ccc(O)c(NNS(=O)(=O)O)c1. The summed E-state index contributed by atoms with van der Waals surface area (Å²) in [6.07, 6.45) is 0. The number of hydrazine groups is 1. The summed E-state index contributed by atoms with van der Waals surface area (Å²) in [6, 6.07) is 4.59. The molecule has 0 aliphatic rings. The summed E-state index contributed by atoms with van der Waals surface area (Å²) in [6.45, 7) is 1.78. The molecule has 0 fully saturated rings. The van der Waals surface area contributed by atoms with Crippen LogP contribution in [0.4, 0.5) is 5.69 Å². The number of aryl methyl sites for hydroxylation is 1. The minimum atomic E-state index is -4.32. The predicted octanol–water partition coefficient (Wildman–Crippen LogP) is 0.420. The van der Waals surface area contributed by atoms with Crippen molar-refractivity contribution in [3.8, 4) is 5.75 Å². The summed E-state index contributed by atoms with van der Waals surface area (Å²) >= 11 is 0. The molecule has 14 heavy (non-hydrogen) atoms. The van der Waals surface area contributed by atoms with E-state index >= 15 is 0 Å². The molecule has 0 amide bonds. The van der Waals surface area contributed by atoms with Crippen LogP contribution in [-0.2, 0) is 10.3 Å². The second-order valence-electron chi connectivity index (χ2n) is 2.72. The van der Waals surface area contributed by atoms with E-state index in [9.17, 15) is 13.5 Å². The Morgan fingerprint density at radius 1 is 1.36 bits per heavy atom. The first-order valence-electron chi connectivity index (χ1n) is 3.68. The molecule has 0 bridgehead atoms. The molecule has 1 aromatic rings. The number of rotatable bonds is 3. The monoisotopic (exact) mass is 218 g/mol. The van der Waals surface area contributed by atoms with Gasteiger partial charge in [0, 0.05) is 0 Å². The van der Waals surface area contributed by atoms with Gasteiger partial charge in [-0.25, -0.2) is 0 Å². The number of hydrogen-bond donors (Lipinski definition) is 4. The first-order chi connectivity index (χ1) is 6.38. The van der Waals surface area contributed by atoms with Gasteiger partial charge in [0.15, 0.2) is 0 Å². The summed E-state index contributed by atoms with van der Waals surface area (Å²) < 4.78 is 29.0. The number of benzene rings is 1. The van der Waals surface area contributed by atoms with Crippen molar-refractivity contribution < 1.29 is 18.1 Å². The van der Waals surface area contributed by atoms with Gasteiger partial charge in [0.25, 0.3) is 0 Å². The maximum Gasteiger partial charge on any atom is 0.350 e. The Morgan fingerprint density at radius 3 is 2.57 bits per heavy atom. The minimum absolute atomic E-state index is 0.119. The van der Waals surface area contributed by atoms with Crippen LogP contribution in [-0.4, -0.2) is 18.1 Å². The highest BCUT2D eigenvalue weighted by molar-refractivity contribution is 7.83. The Kier molecular flexibility index (Phi) is 2.94. The van der Waals surface area contributed by atoms with Crippen LogP contribution in [0, 0.1) is 6.92 Å². The molecule has 0 atom stereocenters. The third-order valence-electron chi connectivity index (χ3n) is 1.47. The summed E-state index contributed by atoms with van der Waals surface area (Å²) in [5.41, 5.74) is 3.16. The summed E-state index contributed by atoms with van der Waals surface area (Å²) in [7, 11) is -4.32. The van der Waals surface area contributed by atoms with Crippen LogP contribution in [0.15, 0.2) is 18.2 Å². The molecule has 4 N–H and O–H groups in total. The largest absolute Gasteiger partial charge is 0.506 e. The van der Waals surface area contributed by atoms with Gasteiger partial charge >= 0.3 is 10.3 Å². The van der Waals surface area contributed by atoms with Crippen LogP contribution in [0.3, 0.4) is 0 Å². The highest BCUT2D eigenvalue weighted by atomic mass is 32.2. The quantitative estimate of drug-likeness (QED) is 0.335. The van der Waals surface area contributed by atoms with Gasteiger partial charge in [0.1, 0.15) is 5.75 Å². The van der Waals surface area contributed by atoms with Crippen molar-refractivity contribution in [3.63, 3.8) is 0 Å². The van der Waals surface area contributed by atoms with Crippen molar-refractivity contribution >= 4 is 16.0 Å². The molecule has 0 aromatic heterocycles. The molecule has 6 nitrogen and oxygen atoms in total. The van der Waals surface area contributed by atoms with E-state index in [1.807, 2.05) is 0 Å². The molecule has 78 valence electrons. The Balaban J connectivity index is 2.81. The lowest BCUT2D eigenvalue weighted by Crippen LogP contribution is -2.28. The van der Waals surface area contributed by atoms with Gasteiger partial charge in [0.2, 0.25) is 0 Å². The van der Waals surface area contributed by atoms with E-state index in [0.29, 0.717) is 0 Å². The molecular weight excluding hydrogens is 208 g/mol. The van der Waals surface area contributed by atoms with Crippen LogP contribution in [0.2, 0.25) is 0 Å². The third-order valence-corrected chi connectivity index (χ3v) is 1.83. The number of nitrogens with one attached hydrogen (secondary N) is 2.